The SMILES string of the molecule is CCC(C)NCCOCCOCCOCCOCCNCC(=O)C(C)C.[HH].[HH]. The molecule has 7 heteroatoms. The fourth-order valence-electron chi connectivity index (χ4n) is 1.84. The van der Waals surface area contributed by atoms with E-state index in [2.05, 4.69) is 24.5 Å². The van der Waals surface area contributed by atoms with Gasteiger partial charge in [-0.15, -0.1) is 0 Å². The Hall–Kier alpha value is -0.570. The predicted octanol–water partition coefficient (Wildman–Crippen LogP) is 1.75. The van der Waals surface area contributed by atoms with Crippen molar-refractivity contribution in [3.63, 3.8) is 0 Å². The van der Waals surface area contributed by atoms with Crippen LogP contribution < -0.4 is 10.6 Å². The van der Waals surface area contributed by atoms with Crippen molar-refractivity contribution < 1.29 is 26.6 Å². The van der Waals surface area contributed by atoms with E-state index in [0.29, 0.717) is 72.0 Å². The summed E-state index contributed by atoms with van der Waals surface area (Å²) in [6, 6.07) is 0.543. The van der Waals surface area contributed by atoms with Gasteiger partial charge in [0, 0.05) is 27.9 Å². The number of ketones is 1. The van der Waals surface area contributed by atoms with Crippen molar-refractivity contribution >= 4 is 5.78 Å². The van der Waals surface area contributed by atoms with Gasteiger partial charge < -0.3 is 29.6 Å². The molecule has 0 aliphatic carbocycles. The van der Waals surface area contributed by atoms with Crippen LogP contribution in [0.2, 0.25) is 0 Å². The molecule has 0 amide bonds. The number of carbonyl (C=O) groups excluding carboxylic acids is 1. The minimum atomic E-state index is 0. The van der Waals surface area contributed by atoms with Gasteiger partial charge in [0.2, 0.25) is 0 Å². The largest absolute Gasteiger partial charge is 0.378 e. The van der Waals surface area contributed by atoms with E-state index >= 15 is 0 Å². The highest BCUT2D eigenvalue weighted by molar-refractivity contribution is 5.82. The molecule has 0 bridgehead atoms. The van der Waals surface area contributed by atoms with Crippen molar-refractivity contribution in [2.75, 3.05) is 72.5 Å². The van der Waals surface area contributed by atoms with Gasteiger partial charge in [-0.1, -0.05) is 20.8 Å². The molecule has 0 rings (SSSR count). The molecule has 0 saturated heterocycles. The monoisotopic (exact) mass is 380 g/mol. The number of ether oxygens (including phenoxy) is 4. The van der Waals surface area contributed by atoms with Gasteiger partial charge in [0.1, 0.15) is 5.78 Å². The molecule has 160 valence electrons. The van der Waals surface area contributed by atoms with E-state index in [1.807, 2.05) is 13.8 Å². The molecule has 0 radical (unpaired) electrons. The molecule has 0 aromatic rings. The summed E-state index contributed by atoms with van der Waals surface area (Å²) in [6.07, 6.45) is 1.13. The number of hydrogen-bond acceptors (Lipinski definition) is 7. The molecule has 0 aliphatic heterocycles. The first-order valence-electron chi connectivity index (χ1n) is 9.85. The maximum Gasteiger partial charge on any atom is 0.149 e. The van der Waals surface area contributed by atoms with E-state index in [-0.39, 0.29) is 14.6 Å². The van der Waals surface area contributed by atoms with Crippen LogP contribution in [-0.2, 0) is 23.7 Å². The maximum absolute atomic E-state index is 11.4. The third-order valence-electron chi connectivity index (χ3n) is 3.83. The third kappa shape index (κ3) is 18.2. The highest BCUT2D eigenvalue weighted by atomic mass is 16.6. The van der Waals surface area contributed by atoms with Gasteiger partial charge in [0.05, 0.1) is 59.4 Å². The molecular weight excluding hydrogens is 336 g/mol. The molecule has 0 saturated carbocycles. The first kappa shape index (κ1) is 25.4. The highest BCUT2D eigenvalue weighted by Crippen LogP contribution is 1.91. The third-order valence-corrected chi connectivity index (χ3v) is 3.83. The molecule has 7 nitrogen and oxygen atoms in total. The summed E-state index contributed by atoms with van der Waals surface area (Å²) in [5.74, 6) is 0.304. The summed E-state index contributed by atoms with van der Waals surface area (Å²) in [4.78, 5) is 11.4. The van der Waals surface area contributed by atoms with Crippen molar-refractivity contribution in [1.82, 2.24) is 10.6 Å². The van der Waals surface area contributed by atoms with Gasteiger partial charge in [-0.3, -0.25) is 4.79 Å². The van der Waals surface area contributed by atoms with Crippen molar-refractivity contribution in [3.8, 4) is 0 Å². The molecule has 0 heterocycles. The van der Waals surface area contributed by atoms with Gasteiger partial charge >= 0.3 is 0 Å². The second kappa shape index (κ2) is 19.2. The zero-order valence-corrected chi connectivity index (χ0v) is 17.2. The van der Waals surface area contributed by atoms with Gasteiger partial charge in [0.15, 0.2) is 0 Å². The van der Waals surface area contributed by atoms with Gasteiger partial charge in [-0.05, 0) is 13.3 Å². The summed E-state index contributed by atoms with van der Waals surface area (Å²) >= 11 is 0. The molecular formula is C19H44N2O5. The summed E-state index contributed by atoms with van der Waals surface area (Å²) < 4.78 is 21.7. The molecule has 0 aliphatic rings. The Morgan fingerprint density at radius 3 is 1.73 bits per heavy atom. The van der Waals surface area contributed by atoms with E-state index in [9.17, 15) is 4.79 Å². The molecule has 1 atom stereocenters. The average molecular weight is 381 g/mol. The van der Waals surface area contributed by atoms with E-state index in [1.165, 1.54) is 0 Å². The minimum Gasteiger partial charge on any atom is -0.378 e. The Morgan fingerprint density at radius 2 is 1.27 bits per heavy atom. The molecule has 0 aromatic heterocycles. The molecule has 2 N–H and O–H groups in total. The van der Waals surface area contributed by atoms with Crippen LogP contribution in [0.15, 0.2) is 0 Å². The fraction of sp³-hybridized carbons (Fsp3) is 0.947. The number of Topliss-reactive ketones (excluding diaryl/α,β-unsaturated/α-hetero) is 1. The van der Waals surface area contributed by atoms with Crippen LogP contribution in [-0.4, -0.2) is 84.3 Å². The average Bonchev–Trinajstić information content (AvgIpc) is 2.63. The van der Waals surface area contributed by atoms with E-state index in [4.69, 9.17) is 18.9 Å². The second-order valence-corrected chi connectivity index (χ2v) is 6.51. The minimum absolute atomic E-state index is 0. The summed E-state index contributed by atoms with van der Waals surface area (Å²) in [7, 11) is 0. The molecule has 0 spiro atoms. The van der Waals surface area contributed by atoms with Crippen molar-refractivity contribution in [2.45, 2.75) is 40.2 Å². The predicted molar refractivity (Wildman–Crippen MR) is 108 cm³/mol. The first-order chi connectivity index (χ1) is 12.6. The van der Waals surface area contributed by atoms with E-state index in [0.717, 1.165) is 13.0 Å². The number of nitrogens with one attached hydrogen (secondary N) is 2. The number of hydrogen-bond donors (Lipinski definition) is 2. The van der Waals surface area contributed by atoms with Gasteiger partial charge in [-0.2, -0.15) is 0 Å². The Labute approximate surface area is 162 Å². The van der Waals surface area contributed by atoms with Crippen molar-refractivity contribution in [2.24, 2.45) is 5.92 Å². The van der Waals surface area contributed by atoms with Crippen LogP contribution >= 0.6 is 0 Å². The van der Waals surface area contributed by atoms with Crippen LogP contribution in [0.1, 0.15) is 37.0 Å². The lowest BCUT2D eigenvalue weighted by molar-refractivity contribution is -0.121. The smallest absolute Gasteiger partial charge is 0.149 e. The molecule has 0 aromatic carbocycles. The van der Waals surface area contributed by atoms with E-state index < -0.39 is 0 Å². The standard InChI is InChI=1S/C19H40N2O5.2H2/c1-5-18(4)21-7-9-24-11-13-26-15-14-25-12-10-23-8-6-20-16-19(22)17(2)3;;/h17-18,20-21H,5-16H2,1-4H3;2*1H. The zero-order chi connectivity index (χ0) is 19.5. The van der Waals surface area contributed by atoms with Crippen LogP contribution in [0, 0.1) is 5.92 Å². The van der Waals surface area contributed by atoms with E-state index in [1.54, 1.807) is 0 Å². The number of carbonyl (C=O) groups is 1. The topological polar surface area (TPSA) is 78.1 Å². The van der Waals surface area contributed by atoms with Crippen LogP contribution in [0.3, 0.4) is 0 Å². The van der Waals surface area contributed by atoms with Crippen molar-refractivity contribution in [3.05, 3.63) is 0 Å². The highest BCUT2D eigenvalue weighted by Gasteiger charge is 2.05. The zero-order valence-electron chi connectivity index (χ0n) is 17.2. The maximum atomic E-state index is 11.4. The van der Waals surface area contributed by atoms with Crippen LogP contribution in [0.25, 0.3) is 0 Å². The fourth-order valence-corrected chi connectivity index (χ4v) is 1.84. The Morgan fingerprint density at radius 1 is 0.808 bits per heavy atom. The Bertz CT molecular complexity index is 327. The molecule has 1 unspecified atom stereocenters. The van der Waals surface area contributed by atoms with Gasteiger partial charge in [-0.25, -0.2) is 0 Å². The first-order valence-corrected chi connectivity index (χ1v) is 9.85. The van der Waals surface area contributed by atoms with Crippen LogP contribution in [0.5, 0.6) is 0 Å². The Kier molecular flexibility index (Phi) is 18.8. The normalized spacial score (nSPS) is 12.7. The number of rotatable bonds is 20. The summed E-state index contributed by atoms with van der Waals surface area (Å²) in [5.41, 5.74) is 0. The lowest BCUT2D eigenvalue weighted by Gasteiger charge is -2.11. The summed E-state index contributed by atoms with van der Waals surface area (Å²) in [6.45, 7) is 14.8. The Balaban J connectivity index is -0.00000312. The summed E-state index contributed by atoms with van der Waals surface area (Å²) in [5, 5.41) is 6.44. The quantitative estimate of drug-likeness (QED) is 0.312. The lowest BCUT2D eigenvalue weighted by Crippen LogP contribution is -2.29. The second-order valence-electron chi connectivity index (χ2n) is 6.51. The lowest BCUT2D eigenvalue weighted by atomic mass is 10.1. The molecule has 26 heavy (non-hydrogen) atoms. The van der Waals surface area contributed by atoms with Crippen LogP contribution in [0.4, 0.5) is 0 Å². The molecule has 0 fully saturated rings. The van der Waals surface area contributed by atoms with Gasteiger partial charge in [0.25, 0.3) is 0 Å². The van der Waals surface area contributed by atoms with Crippen molar-refractivity contribution in [1.29, 1.82) is 0 Å².